The summed E-state index contributed by atoms with van der Waals surface area (Å²) < 4.78 is 22.0. The van der Waals surface area contributed by atoms with Gasteiger partial charge in [-0.3, -0.25) is 4.79 Å². The van der Waals surface area contributed by atoms with E-state index in [0.29, 0.717) is 61.2 Å². The van der Waals surface area contributed by atoms with E-state index in [0.717, 1.165) is 11.1 Å². The van der Waals surface area contributed by atoms with E-state index in [-0.39, 0.29) is 5.91 Å². The number of pyridine rings is 1. The Morgan fingerprint density at radius 1 is 0.822 bits per heavy atom. The lowest BCUT2D eigenvalue weighted by Gasteiger charge is -2.17. The minimum Gasteiger partial charge on any atom is -0.493 e. The third kappa shape index (κ3) is 6.72. The van der Waals surface area contributed by atoms with Gasteiger partial charge in [0.25, 0.3) is 0 Å². The van der Waals surface area contributed by atoms with Crippen molar-refractivity contribution in [2.45, 2.75) is 17.2 Å². The maximum Gasteiger partial charge on any atom is 0.239 e. The molecule has 0 radical (unpaired) electrons. The molecule has 5 rings (SSSR count). The van der Waals surface area contributed by atoms with Gasteiger partial charge in [-0.15, -0.1) is 11.3 Å². The van der Waals surface area contributed by atoms with Gasteiger partial charge in [0, 0.05) is 27.6 Å². The maximum atomic E-state index is 13.4. The van der Waals surface area contributed by atoms with Gasteiger partial charge in [-0.05, 0) is 37.3 Å². The Morgan fingerprint density at radius 2 is 1.58 bits per heavy atom. The molecule has 1 N–H and O–H groups in total. The van der Waals surface area contributed by atoms with E-state index >= 15 is 0 Å². The molecule has 5 aromatic rings. The molecular formula is C34H30N4O5S2. The number of carbonyl (C=O) groups excluding carboxylic acids is 1. The molecule has 0 spiro atoms. The molecule has 2 heterocycles. The van der Waals surface area contributed by atoms with Crippen LogP contribution in [-0.4, -0.2) is 49.6 Å². The van der Waals surface area contributed by atoms with Crippen LogP contribution in [0.5, 0.6) is 23.0 Å². The zero-order valence-corrected chi connectivity index (χ0v) is 26.9. The van der Waals surface area contributed by atoms with Crippen molar-refractivity contribution in [3.05, 3.63) is 83.7 Å². The molecule has 3 aromatic carbocycles. The van der Waals surface area contributed by atoms with Crippen LogP contribution in [0, 0.1) is 11.3 Å². The van der Waals surface area contributed by atoms with Crippen molar-refractivity contribution in [3.63, 3.8) is 0 Å². The largest absolute Gasteiger partial charge is 0.493 e. The summed E-state index contributed by atoms with van der Waals surface area (Å²) >= 11 is 2.52. The number of benzene rings is 3. The van der Waals surface area contributed by atoms with Crippen molar-refractivity contribution in [1.29, 1.82) is 5.26 Å². The first-order valence-corrected chi connectivity index (χ1v) is 15.5. The second-order valence-electron chi connectivity index (χ2n) is 9.61. The zero-order chi connectivity index (χ0) is 31.9. The third-order valence-electron chi connectivity index (χ3n) is 6.93. The fourth-order valence-corrected chi connectivity index (χ4v) is 6.32. The predicted molar refractivity (Wildman–Crippen MR) is 178 cm³/mol. The third-order valence-corrected chi connectivity index (χ3v) is 8.78. The first kappa shape index (κ1) is 31.4. The number of carbonyl (C=O) groups is 1. The van der Waals surface area contributed by atoms with Crippen LogP contribution in [-0.2, 0) is 4.79 Å². The molecule has 45 heavy (non-hydrogen) atoms. The van der Waals surface area contributed by atoms with Crippen molar-refractivity contribution in [2.75, 3.05) is 33.8 Å². The van der Waals surface area contributed by atoms with E-state index in [1.165, 1.54) is 23.1 Å². The van der Waals surface area contributed by atoms with Crippen molar-refractivity contribution >= 4 is 34.1 Å². The summed E-state index contributed by atoms with van der Waals surface area (Å²) in [5.41, 5.74) is 4.67. The van der Waals surface area contributed by atoms with E-state index < -0.39 is 5.25 Å². The highest BCUT2D eigenvalue weighted by molar-refractivity contribution is 8.00. The number of ether oxygens (including phenoxy) is 4. The number of para-hydroxylation sites is 1. The lowest BCUT2D eigenvalue weighted by atomic mass is 9.98. The minimum atomic E-state index is -0.607. The van der Waals surface area contributed by atoms with Crippen molar-refractivity contribution in [2.24, 2.45) is 0 Å². The van der Waals surface area contributed by atoms with Gasteiger partial charge in [0.15, 0.2) is 28.1 Å². The Bertz CT molecular complexity index is 1870. The van der Waals surface area contributed by atoms with Gasteiger partial charge in [-0.1, -0.05) is 54.2 Å². The monoisotopic (exact) mass is 638 g/mol. The number of nitrogens with one attached hydrogen (secondary N) is 1. The summed E-state index contributed by atoms with van der Waals surface area (Å²) in [5, 5.41) is 15.4. The first-order chi connectivity index (χ1) is 21.9. The summed E-state index contributed by atoms with van der Waals surface area (Å²) in [6.07, 6.45) is 0. The highest BCUT2D eigenvalue weighted by Gasteiger charge is 2.24. The number of nitrogens with zero attached hydrogens (tertiary/aromatic N) is 3. The van der Waals surface area contributed by atoms with Crippen molar-refractivity contribution in [1.82, 2.24) is 9.97 Å². The van der Waals surface area contributed by atoms with E-state index in [1.807, 2.05) is 72.1 Å². The highest BCUT2D eigenvalue weighted by atomic mass is 32.2. The molecule has 0 saturated carbocycles. The molecule has 1 atom stereocenters. The number of thiazole rings is 1. The first-order valence-electron chi connectivity index (χ1n) is 13.8. The molecule has 0 bridgehead atoms. The Labute approximate surface area is 269 Å². The second kappa shape index (κ2) is 14.2. The second-order valence-corrected chi connectivity index (χ2v) is 11.8. The Balaban J connectivity index is 1.46. The smallest absolute Gasteiger partial charge is 0.239 e. The average Bonchev–Trinajstić information content (AvgIpc) is 3.55. The summed E-state index contributed by atoms with van der Waals surface area (Å²) in [5.74, 6) is 1.96. The van der Waals surface area contributed by atoms with E-state index in [9.17, 15) is 10.1 Å². The number of aromatic nitrogens is 2. The fraction of sp³-hybridized carbons (Fsp3) is 0.176. The molecule has 9 nitrogen and oxygen atoms in total. The Kier molecular flexibility index (Phi) is 9.87. The van der Waals surface area contributed by atoms with E-state index in [2.05, 4.69) is 16.4 Å². The number of thioether (sulfide) groups is 1. The number of methoxy groups -OCH3 is 4. The van der Waals surface area contributed by atoms with Gasteiger partial charge in [0.2, 0.25) is 5.91 Å². The van der Waals surface area contributed by atoms with Crippen LogP contribution in [0.15, 0.2) is 83.2 Å². The van der Waals surface area contributed by atoms with E-state index in [1.54, 1.807) is 41.4 Å². The number of nitriles is 1. The molecule has 0 aliphatic rings. The minimum absolute atomic E-state index is 0.274. The number of rotatable bonds is 11. The summed E-state index contributed by atoms with van der Waals surface area (Å²) in [6, 6.07) is 24.9. The number of amides is 1. The number of hydrogen-bond donors (Lipinski definition) is 1. The van der Waals surface area contributed by atoms with Gasteiger partial charge < -0.3 is 24.3 Å². The molecule has 0 saturated heterocycles. The van der Waals surface area contributed by atoms with E-state index in [4.69, 9.17) is 23.9 Å². The normalized spacial score (nSPS) is 11.3. The molecular weight excluding hydrogens is 609 g/mol. The van der Waals surface area contributed by atoms with Crippen LogP contribution in [0.3, 0.4) is 0 Å². The van der Waals surface area contributed by atoms with Crippen LogP contribution in [0.4, 0.5) is 5.13 Å². The van der Waals surface area contributed by atoms with Crippen LogP contribution < -0.4 is 24.3 Å². The average molecular weight is 639 g/mol. The molecule has 1 amide bonds. The summed E-state index contributed by atoms with van der Waals surface area (Å²) in [7, 11) is 6.28. The molecule has 2 aromatic heterocycles. The molecule has 0 fully saturated rings. The Hall–Kier alpha value is -5.05. The van der Waals surface area contributed by atoms with Crippen LogP contribution in [0.25, 0.3) is 33.6 Å². The number of anilines is 1. The maximum absolute atomic E-state index is 13.4. The molecule has 0 aliphatic heterocycles. The van der Waals surface area contributed by atoms with Gasteiger partial charge in [0.05, 0.1) is 50.6 Å². The lowest BCUT2D eigenvalue weighted by Crippen LogP contribution is -2.22. The topological polar surface area (TPSA) is 116 Å². The Morgan fingerprint density at radius 3 is 2.27 bits per heavy atom. The van der Waals surface area contributed by atoms with Gasteiger partial charge in [0.1, 0.15) is 11.1 Å². The molecule has 228 valence electrons. The predicted octanol–water partition coefficient (Wildman–Crippen LogP) is 7.56. The molecule has 0 aliphatic carbocycles. The SMILES string of the molecule is COc1ccc(-c2csc(NC(=O)C(C)Sc3nc(-c4ccccc4)cc(-c4cccc(OC)c4OC)c3C#N)n2)cc1OC. The molecule has 11 heteroatoms. The highest BCUT2D eigenvalue weighted by Crippen LogP contribution is 2.43. The molecule has 1 unspecified atom stereocenters. The lowest BCUT2D eigenvalue weighted by molar-refractivity contribution is -0.115. The number of hydrogen-bond acceptors (Lipinski definition) is 10. The van der Waals surface area contributed by atoms with Crippen molar-refractivity contribution < 1.29 is 23.7 Å². The van der Waals surface area contributed by atoms with Gasteiger partial charge >= 0.3 is 0 Å². The fourth-order valence-electron chi connectivity index (χ4n) is 4.67. The van der Waals surface area contributed by atoms with Gasteiger partial charge in [-0.2, -0.15) is 5.26 Å². The zero-order valence-electron chi connectivity index (χ0n) is 25.3. The standard InChI is InChI=1S/C34H30N4O5S2/c1-20(32(39)38-34-37-27(19-44-34)22-14-15-28(40-2)30(16-22)42-4)45-33-25(18-35)24(17-26(36-33)21-10-7-6-8-11-21)23-12-9-13-29(41-3)31(23)43-5/h6-17,19-20H,1-5H3,(H,37,38,39). The van der Waals surface area contributed by atoms with Gasteiger partial charge in [-0.25, -0.2) is 9.97 Å². The van der Waals surface area contributed by atoms with Crippen LogP contribution in [0.1, 0.15) is 12.5 Å². The van der Waals surface area contributed by atoms with Crippen molar-refractivity contribution in [3.8, 4) is 62.7 Å². The van der Waals surface area contributed by atoms with Crippen LogP contribution in [0.2, 0.25) is 0 Å². The van der Waals surface area contributed by atoms with Crippen LogP contribution >= 0.6 is 23.1 Å². The summed E-state index contributed by atoms with van der Waals surface area (Å²) in [4.78, 5) is 22.9. The summed E-state index contributed by atoms with van der Waals surface area (Å²) in [6.45, 7) is 1.77. The quantitative estimate of drug-likeness (QED) is 0.146.